The van der Waals surface area contributed by atoms with E-state index >= 15 is 0 Å². The smallest absolute Gasteiger partial charge is 0.137 e. The zero-order valence-electron chi connectivity index (χ0n) is 10.2. The Labute approximate surface area is 118 Å². The molecule has 2 aromatic rings. The minimum Gasteiger partial charge on any atom is -0.319 e. The Morgan fingerprint density at radius 1 is 1.50 bits per heavy atom. The summed E-state index contributed by atoms with van der Waals surface area (Å²) in [6.45, 7) is 3.04. The Balaban J connectivity index is 2.26. The van der Waals surface area contributed by atoms with Crippen LogP contribution in [-0.4, -0.2) is 18.6 Å². The van der Waals surface area contributed by atoms with Gasteiger partial charge >= 0.3 is 0 Å². The lowest BCUT2D eigenvalue weighted by Gasteiger charge is -2.06. The number of likely N-dealkylation sites (N-methyl/N-ethyl adjacent to an activating group) is 1. The van der Waals surface area contributed by atoms with Crippen molar-refractivity contribution in [2.45, 2.75) is 12.8 Å². The molecule has 0 saturated carbocycles. The van der Waals surface area contributed by atoms with Crippen molar-refractivity contribution in [3.63, 3.8) is 0 Å². The van der Waals surface area contributed by atoms with Gasteiger partial charge in [-0.25, -0.2) is 9.37 Å². The fourth-order valence-corrected chi connectivity index (χ4v) is 2.96. The van der Waals surface area contributed by atoms with Gasteiger partial charge in [0, 0.05) is 23.4 Å². The third-order valence-electron chi connectivity index (χ3n) is 2.67. The Morgan fingerprint density at radius 3 is 2.94 bits per heavy atom. The Hall–Kier alpha value is -0.780. The van der Waals surface area contributed by atoms with Gasteiger partial charge in [-0.2, -0.15) is 0 Å². The summed E-state index contributed by atoms with van der Waals surface area (Å²) >= 11 is 4.84. The predicted molar refractivity (Wildman–Crippen MR) is 77.5 cm³/mol. The lowest BCUT2D eigenvalue weighted by atomic mass is 10.1. The van der Waals surface area contributed by atoms with Crippen LogP contribution in [-0.2, 0) is 0 Å². The van der Waals surface area contributed by atoms with Gasteiger partial charge in [-0.3, -0.25) is 0 Å². The molecule has 0 aliphatic heterocycles. The van der Waals surface area contributed by atoms with E-state index in [1.165, 1.54) is 6.07 Å². The molecule has 1 heterocycles. The largest absolute Gasteiger partial charge is 0.319 e. The molecule has 1 aromatic carbocycles. The first-order valence-corrected chi connectivity index (χ1v) is 7.34. The standard InChI is InChI=1S/C13H14BrFN2S/c1-8(6-16-2)13-17-12(7-18-13)9-3-4-11(15)10(14)5-9/h3-5,7-8,16H,6H2,1-2H3. The van der Waals surface area contributed by atoms with E-state index < -0.39 is 0 Å². The highest BCUT2D eigenvalue weighted by molar-refractivity contribution is 9.10. The molecule has 96 valence electrons. The Bertz CT molecular complexity index is 542. The first kappa shape index (κ1) is 13.6. The molecule has 0 spiro atoms. The van der Waals surface area contributed by atoms with Crippen LogP contribution >= 0.6 is 27.3 Å². The minimum absolute atomic E-state index is 0.252. The average Bonchev–Trinajstić information content (AvgIpc) is 2.82. The summed E-state index contributed by atoms with van der Waals surface area (Å²) in [6, 6.07) is 4.97. The highest BCUT2D eigenvalue weighted by Gasteiger charge is 2.11. The zero-order chi connectivity index (χ0) is 13.1. The van der Waals surface area contributed by atoms with E-state index in [0.29, 0.717) is 10.4 Å². The average molecular weight is 329 g/mol. The van der Waals surface area contributed by atoms with Gasteiger partial charge in [0.15, 0.2) is 0 Å². The lowest BCUT2D eigenvalue weighted by molar-refractivity contribution is 0.621. The maximum Gasteiger partial charge on any atom is 0.137 e. The van der Waals surface area contributed by atoms with Crippen molar-refractivity contribution in [3.05, 3.63) is 38.9 Å². The number of nitrogens with zero attached hydrogens (tertiary/aromatic N) is 1. The van der Waals surface area contributed by atoms with Gasteiger partial charge in [0.05, 0.1) is 15.2 Å². The molecule has 0 bridgehead atoms. The number of rotatable bonds is 4. The number of thiazole rings is 1. The van der Waals surface area contributed by atoms with E-state index in [9.17, 15) is 4.39 Å². The van der Waals surface area contributed by atoms with Gasteiger partial charge < -0.3 is 5.32 Å². The predicted octanol–water partition coefficient (Wildman–Crippen LogP) is 4.03. The van der Waals surface area contributed by atoms with Gasteiger partial charge in [0.25, 0.3) is 0 Å². The normalized spacial score (nSPS) is 12.7. The van der Waals surface area contributed by atoms with E-state index in [4.69, 9.17) is 0 Å². The first-order chi connectivity index (χ1) is 8.61. The molecule has 0 aliphatic rings. The Kier molecular flexibility index (Phi) is 4.48. The van der Waals surface area contributed by atoms with Crippen LogP contribution in [0.25, 0.3) is 11.3 Å². The van der Waals surface area contributed by atoms with Crippen LogP contribution < -0.4 is 5.32 Å². The number of hydrogen-bond acceptors (Lipinski definition) is 3. The topological polar surface area (TPSA) is 24.9 Å². The van der Waals surface area contributed by atoms with Gasteiger partial charge in [0.1, 0.15) is 5.82 Å². The van der Waals surface area contributed by atoms with Crippen molar-refractivity contribution in [1.82, 2.24) is 10.3 Å². The maximum absolute atomic E-state index is 13.2. The van der Waals surface area contributed by atoms with E-state index in [-0.39, 0.29) is 5.82 Å². The molecule has 1 aromatic heterocycles. The van der Waals surface area contributed by atoms with Crippen molar-refractivity contribution in [1.29, 1.82) is 0 Å². The summed E-state index contributed by atoms with van der Waals surface area (Å²) in [5.74, 6) is 0.135. The third kappa shape index (κ3) is 2.96. The second-order valence-electron chi connectivity index (χ2n) is 4.16. The van der Waals surface area contributed by atoms with Gasteiger partial charge in [-0.05, 0) is 41.2 Å². The fraction of sp³-hybridized carbons (Fsp3) is 0.308. The van der Waals surface area contributed by atoms with Crippen LogP contribution in [0.5, 0.6) is 0 Å². The molecule has 1 atom stereocenters. The molecule has 0 fully saturated rings. The minimum atomic E-state index is -0.252. The van der Waals surface area contributed by atoms with Crippen LogP contribution in [0.15, 0.2) is 28.1 Å². The molecular weight excluding hydrogens is 315 g/mol. The molecule has 0 amide bonds. The quantitative estimate of drug-likeness (QED) is 0.916. The number of halogens is 2. The monoisotopic (exact) mass is 328 g/mol. The summed E-state index contributed by atoms with van der Waals surface area (Å²) in [4.78, 5) is 4.61. The molecule has 2 nitrogen and oxygen atoms in total. The molecule has 5 heteroatoms. The van der Waals surface area contributed by atoms with E-state index in [1.54, 1.807) is 23.5 Å². The fourth-order valence-electron chi connectivity index (χ4n) is 1.70. The first-order valence-electron chi connectivity index (χ1n) is 5.67. The van der Waals surface area contributed by atoms with Crippen LogP contribution in [0, 0.1) is 5.82 Å². The summed E-state index contributed by atoms with van der Waals surface area (Å²) < 4.78 is 13.6. The molecule has 0 aliphatic carbocycles. The number of benzene rings is 1. The van der Waals surface area contributed by atoms with E-state index in [1.807, 2.05) is 12.4 Å². The molecule has 0 radical (unpaired) electrons. The third-order valence-corrected chi connectivity index (χ3v) is 4.35. The van der Waals surface area contributed by atoms with Crippen LogP contribution in [0.3, 0.4) is 0 Å². The van der Waals surface area contributed by atoms with Crippen molar-refractivity contribution < 1.29 is 4.39 Å². The molecule has 1 N–H and O–H groups in total. The summed E-state index contributed by atoms with van der Waals surface area (Å²) in [7, 11) is 1.93. The van der Waals surface area contributed by atoms with Crippen molar-refractivity contribution >= 4 is 27.3 Å². The van der Waals surface area contributed by atoms with Crippen molar-refractivity contribution in [3.8, 4) is 11.3 Å². The number of nitrogens with one attached hydrogen (secondary N) is 1. The van der Waals surface area contributed by atoms with Crippen LogP contribution in [0.1, 0.15) is 17.8 Å². The van der Waals surface area contributed by atoms with Crippen LogP contribution in [0.4, 0.5) is 4.39 Å². The SMILES string of the molecule is CNCC(C)c1nc(-c2ccc(F)c(Br)c2)cs1. The molecular formula is C13H14BrFN2S. The van der Waals surface area contributed by atoms with E-state index in [2.05, 4.69) is 33.2 Å². The number of aromatic nitrogens is 1. The molecule has 18 heavy (non-hydrogen) atoms. The molecule has 0 saturated heterocycles. The summed E-state index contributed by atoms with van der Waals surface area (Å²) in [5.41, 5.74) is 1.83. The molecule has 2 rings (SSSR count). The second kappa shape index (κ2) is 5.91. The van der Waals surface area contributed by atoms with Crippen LogP contribution in [0.2, 0.25) is 0 Å². The van der Waals surface area contributed by atoms with Gasteiger partial charge in [-0.15, -0.1) is 11.3 Å². The second-order valence-corrected chi connectivity index (χ2v) is 5.90. The summed E-state index contributed by atoms with van der Waals surface area (Å²) in [5, 5.41) is 6.25. The highest BCUT2D eigenvalue weighted by atomic mass is 79.9. The number of hydrogen-bond donors (Lipinski definition) is 1. The lowest BCUT2D eigenvalue weighted by Crippen LogP contribution is -2.14. The zero-order valence-corrected chi connectivity index (χ0v) is 12.6. The Morgan fingerprint density at radius 2 is 2.28 bits per heavy atom. The van der Waals surface area contributed by atoms with Gasteiger partial charge in [-0.1, -0.05) is 6.92 Å². The van der Waals surface area contributed by atoms with Crippen molar-refractivity contribution in [2.24, 2.45) is 0 Å². The maximum atomic E-state index is 13.2. The van der Waals surface area contributed by atoms with Gasteiger partial charge in [0.2, 0.25) is 0 Å². The van der Waals surface area contributed by atoms with Crippen molar-refractivity contribution in [2.75, 3.05) is 13.6 Å². The van der Waals surface area contributed by atoms with E-state index in [0.717, 1.165) is 22.8 Å². The summed E-state index contributed by atoms with van der Waals surface area (Å²) in [6.07, 6.45) is 0. The molecule has 1 unspecified atom stereocenters. The highest BCUT2D eigenvalue weighted by Crippen LogP contribution is 2.28.